The minimum Gasteiger partial charge on any atom is -0.301 e. The monoisotopic (exact) mass is 303 g/mol. The van der Waals surface area contributed by atoms with Crippen molar-refractivity contribution < 1.29 is 8.42 Å². The van der Waals surface area contributed by atoms with E-state index in [9.17, 15) is 8.42 Å². The quantitative estimate of drug-likeness (QED) is 0.793. The van der Waals surface area contributed by atoms with E-state index in [2.05, 4.69) is 16.8 Å². The Kier molecular flexibility index (Phi) is 4.45. The average Bonchev–Trinajstić information content (AvgIpc) is 2.39. The van der Waals surface area contributed by atoms with Crippen molar-refractivity contribution in [3.05, 3.63) is 23.5 Å². The number of hydrogen-bond donors (Lipinski definition) is 0. The van der Waals surface area contributed by atoms with Gasteiger partial charge in [-0.05, 0) is 25.6 Å². The third kappa shape index (κ3) is 3.08. The van der Waals surface area contributed by atoms with Gasteiger partial charge in [0.05, 0.1) is 4.90 Å². The van der Waals surface area contributed by atoms with E-state index < -0.39 is 10.0 Å². The topological polar surface area (TPSA) is 53.5 Å². The van der Waals surface area contributed by atoms with Gasteiger partial charge in [-0.2, -0.15) is 4.31 Å². The van der Waals surface area contributed by atoms with Crippen molar-refractivity contribution in [1.82, 2.24) is 14.2 Å². The number of halogens is 1. The Morgan fingerprint density at radius 3 is 2.84 bits per heavy atom. The van der Waals surface area contributed by atoms with Gasteiger partial charge in [0.2, 0.25) is 10.0 Å². The fourth-order valence-electron chi connectivity index (χ4n) is 2.27. The summed E-state index contributed by atoms with van der Waals surface area (Å²) < 4.78 is 26.6. The molecule has 1 unspecified atom stereocenters. The van der Waals surface area contributed by atoms with Crippen molar-refractivity contribution in [3.63, 3.8) is 0 Å². The number of piperazine rings is 1. The zero-order valence-electron chi connectivity index (χ0n) is 11.1. The molecule has 0 N–H and O–H groups in total. The molecule has 1 saturated heterocycles. The third-order valence-electron chi connectivity index (χ3n) is 3.55. The lowest BCUT2D eigenvalue weighted by molar-refractivity contribution is 0.144. The first-order valence-electron chi connectivity index (χ1n) is 6.27. The molecule has 1 fully saturated rings. The van der Waals surface area contributed by atoms with Crippen LogP contribution in [0.5, 0.6) is 0 Å². The van der Waals surface area contributed by atoms with Crippen LogP contribution in [0.4, 0.5) is 0 Å². The molecule has 1 aromatic rings. The fourth-order valence-corrected chi connectivity index (χ4v) is 3.99. The highest BCUT2D eigenvalue weighted by Crippen LogP contribution is 2.21. The summed E-state index contributed by atoms with van der Waals surface area (Å²) in [5.41, 5.74) is 0. The van der Waals surface area contributed by atoms with Crippen LogP contribution in [-0.4, -0.2) is 55.3 Å². The molecular weight excluding hydrogens is 286 g/mol. The standard InChI is InChI=1S/C12H18ClN3O2S/c1-3-10-9-16(7-6-15(10)2)19(17,18)11-4-5-14-12(13)8-11/h4-5,8,10H,3,6-7,9H2,1-2H3. The van der Waals surface area contributed by atoms with Crippen LogP contribution in [0.25, 0.3) is 0 Å². The van der Waals surface area contributed by atoms with E-state index in [1.165, 1.54) is 22.6 Å². The van der Waals surface area contributed by atoms with E-state index in [0.29, 0.717) is 13.1 Å². The molecule has 1 aliphatic heterocycles. The second kappa shape index (κ2) is 5.75. The van der Waals surface area contributed by atoms with Crippen molar-refractivity contribution >= 4 is 21.6 Å². The lowest BCUT2D eigenvalue weighted by Gasteiger charge is -2.38. The summed E-state index contributed by atoms with van der Waals surface area (Å²) in [6.07, 6.45) is 2.35. The molecule has 7 heteroatoms. The van der Waals surface area contributed by atoms with Crippen LogP contribution in [0.3, 0.4) is 0 Å². The maximum atomic E-state index is 12.5. The summed E-state index contributed by atoms with van der Waals surface area (Å²) in [5, 5.41) is 0.197. The molecule has 0 aromatic carbocycles. The Balaban J connectivity index is 2.25. The molecule has 0 saturated carbocycles. The number of rotatable bonds is 3. The normalized spacial score (nSPS) is 22.6. The summed E-state index contributed by atoms with van der Waals surface area (Å²) in [6.45, 7) is 3.85. The maximum absolute atomic E-state index is 12.5. The van der Waals surface area contributed by atoms with Crippen molar-refractivity contribution in [2.75, 3.05) is 26.7 Å². The van der Waals surface area contributed by atoms with Crippen LogP contribution in [-0.2, 0) is 10.0 Å². The molecule has 1 atom stereocenters. The molecular formula is C12H18ClN3O2S. The molecule has 0 aliphatic carbocycles. The molecule has 0 bridgehead atoms. The molecule has 1 aromatic heterocycles. The first-order valence-corrected chi connectivity index (χ1v) is 8.09. The zero-order chi connectivity index (χ0) is 14.0. The largest absolute Gasteiger partial charge is 0.301 e. The smallest absolute Gasteiger partial charge is 0.243 e. The number of hydrogen-bond acceptors (Lipinski definition) is 4. The van der Waals surface area contributed by atoms with Crippen LogP contribution in [0.15, 0.2) is 23.2 Å². The molecule has 2 heterocycles. The molecule has 106 valence electrons. The van der Waals surface area contributed by atoms with Crippen molar-refractivity contribution in [1.29, 1.82) is 0 Å². The lowest BCUT2D eigenvalue weighted by atomic mass is 10.1. The fraction of sp³-hybridized carbons (Fsp3) is 0.583. The molecule has 19 heavy (non-hydrogen) atoms. The van der Waals surface area contributed by atoms with E-state index in [4.69, 9.17) is 11.6 Å². The van der Waals surface area contributed by atoms with Gasteiger partial charge in [-0.1, -0.05) is 18.5 Å². The first-order chi connectivity index (χ1) is 8.95. The Labute approximate surface area is 119 Å². The minimum absolute atomic E-state index is 0.197. The molecule has 0 spiro atoms. The maximum Gasteiger partial charge on any atom is 0.243 e. The van der Waals surface area contributed by atoms with E-state index in [-0.39, 0.29) is 16.1 Å². The number of pyridine rings is 1. The lowest BCUT2D eigenvalue weighted by Crippen LogP contribution is -2.52. The van der Waals surface area contributed by atoms with Gasteiger partial charge in [-0.3, -0.25) is 0 Å². The van der Waals surface area contributed by atoms with Gasteiger partial charge in [-0.25, -0.2) is 13.4 Å². The van der Waals surface area contributed by atoms with Crippen LogP contribution in [0.1, 0.15) is 13.3 Å². The SMILES string of the molecule is CCC1CN(S(=O)(=O)c2ccnc(Cl)c2)CCN1C. The van der Waals surface area contributed by atoms with Crippen molar-refractivity contribution in [2.24, 2.45) is 0 Å². The summed E-state index contributed by atoms with van der Waals surface area (Å²) in [5.74, 6) is 0. The molecule has 0 amide bonds. The Morgan fingerprint density at radius 2 is 2.21 bits per heavy atom. The summed E-state index contributed by atoms with van der Waals surface area (Å²) in [4.78, 5) is 6.23. The Morgan fingerprint density at radius 1 is 1.47 bits per heavy atom. The predicted octanol–water partition coefficient (Wildman–Crippen LogP) is 1.45. The number of aromatic nitrogens is 1. The highest BCUT2D eigenvalue weighted by molar-refractivity contribution is 7.89. The van der Waals surface area contributed by atoms with Crippen LogP contribution >= 0.6 is 11.6 Å². The molecule has 0 radical (unpaired) electrons. The average molecular weight is 304 g/mol. The van der Waals surface area contributed by atoms with Gasteiger partial charge < -0.3 is 4.90 Å². The Hall–Kier alpha value is -0.690. The number of nitrogens with zero attached hydrogens (tertiary/aromatic N) is 3. The third-order valence-corrected chi connectivity index (χ3v) is 5.61. The Bertz CT molecular complexity index is 550. The van der Waals surface area contributed by atoms with E-state index >= 15 is 0 Å². The van der Waals surface area contributed by atoms with Gasteiger partial charge in [0.25, 0.3) is 0 Å². The highest BCUT2D eigenvalue weighted by Gasteiger charge is 2.31. The van der Waals surface area contributed by atoms with Crippen molar-refractivity contribution in [3.8, 4) is 0 Å². The molecule has 5 nitrogen and oxygen atoms in total. The van der Waals surface area contributed by atoms with Crippen LogP contribution in [0.2, 0.25) is 5.15 Å². The van der Waals surface area contributed by atoms with Gasteiger partial charge in [0.15, 0.2) is 0 Å². The minimum atomic E-state index is -3.47. The predicted molar refractivity (Wildman–Crippen MR) is 74.7 cm³/mol. The van der Waals surface area contributed by atoms with Gasteiger partial charge in [0.1, 0.15) is 5.15 Å². The van der Waals surface area contributed by atoms with E-state index in [1.807, 2.05) is 7.05 Å². The molecule has 1 aliphatic rings. The van der Waals surface area contributed by atoms with Gasteiger partial charge in [-0.15, -0.1) is 0 Å². The first kappa shape index (κ1) is 14.7. The van der Waals surface area contributed by atoms with E-state index in [0.717, 1.165) is 13.0 Å². The van der Waals surface area contributed by atoms with Gasteiger partial charge >= 0.3 is 0 Å². The molecule has 2 rings (SSSR count). The summed E-state index contributed by atoms with van der Waals surface area (Å²) >= 11 is 5.77. The summed E-state index contributed by atoms with van der Waals surface area (Å²) in [6, 6.07) is 3.15. The van der Waals surface area contributed by atoms with E-state index in [1.54, 1.807) is 0 Å². The summed E-state index contributed by atoms with van der Waals surface area (Å²) in [7, 11) is -1.44. The van der Waals surface area contributed by atoms with Crippen molar-refractivity contribution in [2.45, 2.75) is 24.3 Å². The number of sulfonamides is 1. The van der Waals surface area contributed by atoms with Gasteiger partial charge in [0, 0.05) is 31.9 Å². The number of likely N-dealkylation sites (N-methyl/N-ethyl adjacent to an activating group) is 1. The second-order valence-corrected chi connectivity index (χ2v) is 7.05. The zero-order valence-corrected chi connectivity index (χ0v) is 12.7. The second-order valence-electron chi connectivity index (χ2n) is 4.72. The van der Waals surface area contributed by atoms with Crippen LogP contribution in [0, 0.1) is 0 Å². The highest BCUT2D eigenvalue weighted by atomic mass is 35.5. The van der Waals surface area contributed by atoms with Crippen LogP contribution < -0.4 is 0 Å².